The highest BCUT2D eigenvalue weighted by atomic mass is 16.4. The molecule has 5 heteroatoms. The monoisotopic (exact) mass is 208 g/mol. The minimum Gasteiger partial charge on any atom is -0.409 e. The summed E-state index contributed by atoms with van der Waals surface area (Å²) in [7, 11) is 0. The van der Waals surface area contributed by atoms with Crippen molar-refractivity contribution >= 4 is 5.84 Å². The smallest absolute Gasteiger partial charge is 0.145 e. The van der Waals surface area contributed by atoms with Crippen molar-refractivity contribution in [3.63, 3.8) is 0 Å². The Labute approximate surface area is 88.6 Å². The molecule has 0 saturated carbocycles. The molecule has 0 spiro atoms. The molecular weight excluding hydrogens is 192 g/mol. The summed E-state index contributed by atoms with van der Waals surface area (Å²) in [6, 6.07) is 0. The van der Waals surface area contributed by atoms with Gasteiger partial charge < -0.3 is 15.5 Å². The van der Waals surface area contributed by atoms with Crippen LogP contribution in [0.5, 0.6) is 0 Å². The van der Waals surface area contributed by atoms with Crippen molar-refractivity contribution in [1.29, 1.82) is 0 Å². The number of hydrogen-bond donors (Lipinski definition) is 2. The number of oxime groups is 1. The van der Waals surface area contributed by atoms with Crippen LogP contribution in [0, 0.1) is 6.92 Å². The Morgan fingerprint density at radius 1 is 1.60 bits per heavy atom. The summed E-state index contributed by atoms with van der Waals surface area (Å²) < 4.78 is 2.24. The van der Waals surface area contributed by atoms with Gasteiger partial charge in [0.1, 0.15) is 11.7 Å². The number of nitrogens with two attached hydrogens (primary N) is 1. The van der Waals surface area contributed by atoms with Crippen molar-refractivity contribution in [3.8, 4) is 0 Å². The van der Waals surface area contributed by atoms with Crippen molar-refractivity contribution in [3.05, 3.63) is 17.2 Å². The molecule has 82 valence electrons. The Morgan fingerprint density at radius 3 is 3.13 bits per heavy atom. The normalized spacial score (nSPS) is 16.5. The molecule has 2 rings (SSSR count). The van der Waals surface area contributed by atoms with E-state index in [0.29, 0.717) is 6.42 Å². The molecule has 1 aliphatic heterocycles. The van der Waals surface area contributed by atoms with Crippen LogP contribution in [0.15, 0.2) is 5.16 Å². The number of imidazole rings is 1. The first kappa shape index (κ1) is 10.0. The fourth-order valence-electron chi connectivity index (χ4n) is 2.16. The summed E-state index contributed by atoms with van der Waals surface area (Å²) in [6.45, 7) is 3.05. The van der Waals surface area contributed by atoms with Crippen molar-refractivity contribution in [2.24, 2.45) is 10.9 Å². The van der Waals surface area contributed by atoms with E-state index in [4.69, 9.17) is 10.9 Å². The van der Waals surface area contributed by atoms with E-state index in [0.717, 1.165) is 24.5 Å². The van der Waals surface area contributed by atoms with Crippen LogP contribution < -0.4 is 5.73 Å². The van der Waals surface area contributed by atoms with Gasteiger partial charge in [-0.3, -0.25) is 0 Å². The summed E-state index contributed by atoms with van der Waals surface area (Å²) >= 11 is 0. The Morgan fingerprint density at radius 2 is 2.40 bits per heavy atom. The Kier molecular flexibility index (Phi) is 2.62. The number of nitrogens with zero attached hydrogens (tertiary/aromatic N) is 3. The summed E-state index contributed by atoms with van der Waals surface area (Å²) in [5, 5.41) is 11.5. The molecule has 2 heterocycles. The Bertz CT molecular complexity index is 394. The predicted molar refractivity (Wildman–Crippen MR) is 57.0 cm³/mol. The first-order valence-corrected chi connectivity index (χ1v) is 5.23. The van der Waals surface area contributed by atoms with E-state index in [1.165, 1.54) is 18.5 Å². The molecule has 0 saturated heterocycles. The molecule has 5 nitrogen and oxygen atoms in total. The lowest BCUT2D eigenvalue weighted by Crippen LogP contribution is -2.17. The van der Waals surface area contributed by atoms with Gasteiger partial charge in [-0.25, -0.2) is 4.98 Å². The molecule has 0 unspecified atom stereocenters. The summed E-state index contributed by atoms with van der Waals surface area (Å²) in [5.74, 6) is 1.26. The molecule has 0 fully saturated rings. The zero-order valence-corrected chi connectivity index (χ0v) is 8.90. The third kappa shape index (κ3) is 1.82. The average molecular weight is 208 g/mol. The molecule has 15 heavy (non-hydrogen) atoms. The molecule has 1 aromatic heterocycles. The molecule has 3 N–H and O–H groups in total. The van der Waals surface area contributed by atoms with Crippen molar-refractivity contribution in [1.82, 2.24) is 9.55 Å². The molecule has 0 radical (unpaired) electrons. The molecule has 1 aromatic rings. The van der Waals surface area contributed by atoms with Crippen LogP contribution >= 0.6 is 0 Å². The van der Waals surface area contributed by atoms with E-state index in [2.05, 4.69) is 14.7 Å². The third-order valence-corrected chi connectivity index (χ3v) is 2.87. The van der Waals surface area contributed by atoms with Gasteiger partial charge in [0.15, 0.2) is 0 Å². The third-order valence-electron chi connectivity index (χ3n) is 2.87. The predicted octanol–water partition coefficient (Wildman–Crippen LogP) is 0.817. The Balaban J connectivity index is 2.32. The summed E-state index contributed by atoms with van der Waals surface area (Å²) in [6.07, 6.45) is 3.91. The van der Waals surface area contributed by atoms with Crippen molar-refractivity contribution in [2.75, 3.05) is 0 Å². The standard InChI is InChI=1S/C10H16N4O/c1-7-12-8(6-10(11)13-15)9-4-2-3-5-14(7)9/h15H,2-6H2,1H3,(H2,11,13). The maximum Gasteiger partial charge on any atom is 0.145 e. The quantitative estimate of drug-likeness (QED) is 0.327. The van der Waals surface area contributed by atoms with Gasteiger partial charge in [-0.1, -0.05) is 5.16 Å². The van der Waals surface area contributed by atoms with Crippen LogP contribution in [0.4, 0.5) is 0 Å². The van der Waals surface area contributed by atoms with Gasteiger partial charge in [0, 0.05) is 12.2 Å². The first-order valence-electron chi connectivity index (χ1n) is 5.23. The summed E-state index contributed by atoms with van der Waals surface area (Å²) in [5.41, 5.74) is 7.71. The van der Waals surface area contributed by atoms with Gasteiger partial charge in [-0.2, -0.15) is 0 Å². The average Bonchev–Trinajstić information content (AvgIpc) is 2.57. The molecule has 1 aliphatic rings. The van der Waals surface area contributed by atoms with Gasteiger partial charge in [0.25, 0.3) is 0 Å². The lowest BCUT2D eigenvalue weighted by molar-refractivity contribution is 0.317. The minimum atomic E-state index is 0.224. The Hall–Kier alpha value is -1.52. The minimum absolute atomic E-state index is 0.224. The number of aromatic nitrogens is 2. The number of rotatable bonds is 2. The van der Waals surface area contributed by atoms with Crippen LogP contribution in [0.25, 0.3) is 0 Å². The number of fused-ring (bicyclic) bond motifs is 1. The van der Waals surface area contributed by atoms with Gasteiger partial charge in [0.2, 0.25) is 0 Å². The number of amidine groups is 1. The largest absolute Gasteiger partial charge is 0.409 e. The van der Waals surface area contributed by atoms with Crippen LogP contribution in [0.2, 0.25) is 0 Å². The summed E-state index contributed by atoms with van der Waals surface area (Å²) in [4.78, 5) is 4.47. The second-order valence-electron chi connectivity index (χ2n) is 3.93. The van der Waals surface area contributed by atoms with E-state index in [1.54, 1.807) is 0 Å². The fourth-order valence-corrected chi connectivity index (χ4v) is 2.16. The molecule has 0 atom stereocenters. The van der Waals surface area contributed by atoms with Gasteiger partial charge in [-0.15, -0.1) is 0 Å². The SMILES string of the molecule is Cc1nc(C/C(N)=N/O)c2n1CCCC2. The lowest BCUT2D eigenvalue weighted by Gasteiger charge is -2.16. The zero-order valence-electron chi connectivity index (χ0n) is 8.90. The van der Waals surface area contributed by atoms with E-state index in [-0.39, 0.29) is 5.84 Å². The molecule has 0 bridgehead atoms. The van der Waals surface area contributed by atoms with Crippen molar-refractivity contribution in [2.45, 2.75) is 39.2 Å². The highest BCUT2D eigenvalue weighted by Gasteiger charge is 2.18. The van der Waals surface area contributed by atoms with Gasteiger partial charge >= 0.3 is 0 Å². The van der Waals surface area contributed by atoms with Crippen LogP contribution in [0.3, 0.4) is 0 Å². The van der Waals surface area contributed by atoms with Crippen molar-refractivity contribution < 1.29 is 5.21 Å². The van der Waals surface area contributed by atoms with Crippen LogP contribution in [-0.4, -0.2) is 20.6 Å². The van der Waals surface area contributed by atoms with E-state index in [1.807, 2.05) is 6.92 Å². The molecular formula is C10H16N4O. The second-order valence-corrected chi connectivity index (χ2v) is 3.93. The number of hydrogen-bond acceptors (Lipinski definition) is 3. The molecule has 0 aromatic carbocycles. The van der Waals surface area contributed by atoms with E-state index >= 15 is 0 Å². The second kappa shape index (κ2) is 3.92. The highest BCUT2D eigenvalue weighted by molar-refractivity contribution is 5.81. The maximum absolute atomic E-state index is 8.54. The molecule has 0 amide bonds. The maximum atomic E-state index is 8.54. The highest BCUT2D eigenvalue weighted by Crippen LogP contribution is 2.20. The van der Waals surface area contributed by atoms with Crippen LogP contribution in [0.1, 0.15) is 30.1 Å². The topological polar surface area (TPSA) is 76.4 Å². The van der Waals surface area contributed by atoms with E-state index in [9.17, 15) is 0 Å². The number of aryl methyl sites for hydroxylation is 1. The van der Waals surface area contributed by atoms with Crippen LogP contribution in [-0.2, 0) is 19.4 Å². The van der Waals surface area contributed by atoms with Gasteiger partial charge in [-0.05, 0) is 26.2 Å². The molecule has 0 aliphatic carbocycles. The first-order chi connectivity index (χ1) is 7.22. The van der Waals surface area contributed by atoms with E-state index < -0.39 is 0 Å². The van der Waals surface area contributed by atoms with Gasteiger partial charge in [0.05, 0.1) is 12.1 Å². The fraction of sp³-hybridized carbons (Fsp3) is 0.600. The lowest BCUT2D eigenvalue weighted by atomic mass is 10.1. The zero-order chi connectivity index (χ0) is 10.8.